The first kappa shape index (κ1) is 52.1. The van der Waals surface area contributed by atoms with Crippen LogP contribution in [-0.2, 0) is 19.1 Å². The molecule has 0 aliphatic heterocycles. The standard InChI is InChI=1S/C40H74O4.2K.2H/c1-3-5-7-9-11-13-15-17-19-21-23-25-27-29-31-33-37-43-39(41)35-36-40(42)44-38-34-32-30-28-26-24-22-20-18-16-14-12-10-8-6-4-2;;;;/h33-34,37-38H,3-32,35-36H2,1-2H3;;;;. The monoisotopic (exact) mass is 699 g/mol. The van der Waals surface area contributed by atoms with Crippen LogP contribution in [0.3, 0.4) is 0 Å². The second-order valence-corrected chi connectivity index (χ2v) is 13.0. The van der Waals surface area contributed by atoms with E-state index in [9.17, 15) is 9.59 Å². The van der Waals surface area contributed by atoms with Gasteiger partial charge in [-0.2, -0.15) is 0 Å². The Morgan fingerprint density at radius 1 is 0.370 bits per heavy atom. The van der Waals surface area contributed by atoms with E-state index < -0.39 is 0 Å². The zero-order valence-corrected chi connectivity index (χ0v) is 29.6. The van der Waals surface area contributed by atoms with Gasteiger partial charge in [0.15, 0.2) is 0 Å². The van der Waals surface area contributed by atoms with E-state index in [1.807, 2.05) is 12.2 Å². The van der Waals surface area contributed by atoms with Crippen LogP contribution in [-0.4, -0.2) is 115 Å². The van der Waals surface area contributed by atoms with Gasteiger partial charge in [-0.3, -0.25) is 9.59 Å². The van der Waals surface area contributed by atoms with Crippen molar-refractivity contribution in [2.75, 3.05) is 0 Å². The fourth-order valence-electron chi connectivity index (χ4n) is 5.62. The van der Waals surface area contributed by atoms with Crippen molar-refractivity contribution in [3.05, 3.63) is 24.7 Å². The van der Waals surface area contributed by atoms with Crippen LogP contribution in [0.2, 0.25) is 0 Å². The molecule has 0 fully saturated rings. The normalized spacial score (nSPS) is 11.1. The summed E-state index contributed by atoms with van der Waals surface area (Å²) in [5.41, 5.74) is 0. The predicted octanol–water partition coefficient (Wildman–Crippen LogP) is 12.3. The van der Waals surface area contributed by atoms with E-state index in [0.29, 0.717) is 0 Å². The summed E-state index contributed by atoms with van der Waals surface area (Å²) < 4.78 is 10.2. The molecular weight excluding hydrogens is 623 g/mol. The molecule has 0 aromatic heterocycles. The molecule has 0 atom stereocenters. The van der Waals surface area contributed by atoms with Crippen LogP contribution >= 0.6 is 0 Å². The number of unbranched alkanes of at least 4 members (excludes halogenated alkanes) is 28. The summed E-state index contributed by atoms with van der Waals surface area (Å²) in [7, 11) is 0. The summed E-state index contributed by atoms with van der Waals surface area (Å²) in [5.74, 6) is -0.768. The Balaban J connectivity index is -0.00000924. The third kappa shape index (κ3) is 45.7. The second kappa shape index (κ2) is 46.7. The Morgan fingerprint density at radius 3 is 0.826 bits per heavy atom. The van der Waals surface area contributed by atoms with Crippen molar-refractivity contribution in [3.8, 4) is 0 Å². The SMILES string of the molecule is CCCCCCCCCCCCCCCCC=COC(=O)CCC(=O)OC=CCCCCCCCCCCCCCCCC.[KH].[KH]. The summed E-state index contributed by atoms with van der Waals surface area (Å²) in [5, 5.41) is 0. The molecule has 0 saturated carbocycles. The molecular formula is C40H76K2O4. The zero-order chi connectivity index (χ0) is 32.0. The molecule has 0 amide bonds. The Morgan fingerprint density at radius 2 is 0.587 bits per heavy atom. The quantitative estimate of drug-likeness (QED) is 0.0286. The van der Waals surface area contributed by atoms with Gasteiger partial charge in [-0.1, -0.05) is 181 Å². The predicted molar refractivity (Wildman–Crippen MR) is 204 cm³/mol. The summed E-state index contributed by atoms with van der Waals surface area (Å²) >= 11 is 0. The second-order valence-electron chi connectivity index (χ2n) is 13.0. The molecule has 46 heavy (non-hydrogen) atoms. The summed E-state index contributed by atoms with van der Waals surface area (Å²) in [6.45, 7) is 4.55. The Hall–Kier alpha value is 1.69. The molecule has 0 heterocycles. The van der Waals surface area contributed by atoms with E-state index in [1.165, 1.54) is 179 Å². The van der Waals surface area contributed by atoms with E-state index in [1.54, 1.807) is 0 Å². The van der Waals surface area contributed by atoms with Gasteiger partial charge in [0, 0.05) is 0 Å². The van der Waals surface area contributed by atoms with E-state index in [-0.39, 0.29) is 128 Å². The Bertz CT molecular complexity index is 610. The topological polar surface area (TPSA) is 52.6 Å². The van der Waals surface area contributed by atoms with Gasteiger partial charge < -0.3 is 9.47 Å². The molecule has 0 N–H and O–H groups in total. The molecule has 0 aromatic rings. The minimum absolute atomic E-state index is 0. The van der Waals surface area contributed by atoms with Crippen molar-refractivity contribution < 1.29 is 19.1 Å². The van der Waals surface area contributed by atoms with Gasteiger partial charge in [0.25, 0.3) is 0 Å². The molecule has 262 valence electrons. The van der Waals surface area contributed by atoms with Crippen molar-refractivity contribution in [2.45, 2.75) is 219 Å². The van der Waals surface area contributed by atoms with Gasteiger partial charge in [0.2, 0.25) is 0 Å². The third-order valence-electron chi connectivity index (χ3n) is 8.57. The van der Waals surface area contributed by atoms with E-state index in [2.05, 4.69) is 13.8 Å². The number of carbonyl (C=O) groups excluding carboxylic acids is 2. The zero-order valence-electron chi connectivity index (χ0n) is 29.6. The number of hydrogen-bond donors (Lipinski definition) is 0. The third-order valence-corrected chi connectivity index (χ3v) is 8.57. The molecule has 0 aromatic carbocycles. The first-order chi connectivity index (χ1) is 21.7. The van der Waals surface area contributed by atoms with Gasteiger partial charge in [0.1, 0.15) is 0 Å². The van der Waals surface area contributed by atoms with Gasteiger partial charge in [-0.25, -0.2) is 0 Å². The van der Waals surface area contributed by atoms with Crippen molar-refractivity contribution in [2.24, 2.45) is 0 Å². The molecule has 0 saturated heterocycles. The fourth-order valence-corrected chi connectivity index (χ4v) is 5.62. The van der Waals surface area contributed by atoms with Crippen molar-refractivity contribution in [1.29, 1.82) is 0 Å². The molecule has 0 unspecified atom stereocenters. The van der Waals surface area contributed by atoms with Crippen LogP contribution in [0, 0.1) is 0 Å². The first-order valence-corrected chi connectivity index (χ1v) is 19.4. The Labute approximate surface area is 372 Å². The number of ether oxygens (including phenoxy) is 2. The van der Waals surface area contributed by atoms with Crippen molar-refractivity contribution in [3.63, 3.8) is 0 Å². The number of esters is 2. The molecule has 0 radical (unpaired) electrons. The average Bonchev–Trinajstić information content (AvgIpc) is 3.03. The van der Waals surface area contributed by atoms with E-state index in [4.69, 9.17) is 9.47 Å². The summed E-state index contributed by atoms with van der Waals surface area (Å²) in [6, 6.07) is 0. The molecule has 0 spiro atoms. The van der Waals surface area contributed by atoms with Gasteiger partial charge in [-0.15, -0.1) is 0 Å². The maximum absolute atomic E-state index is 11.8. The van der Waals surface area contributed by atoms with Crippen LogP contribution < -0.4 is 0 Å². The van der Waals surface area contributed by atoms with Gasteiger partial charge in [-0.05, 0) is 37.8 Å². The average molecular weight is 699 g/mol. The molecule has 0 aliphatic carbocycles. The van der Waals surface area contributed by atoms with Crippen LogP contribution in [0.25, 0.3) is 0 Å². The first-order valence-electron chi connectivity index (χ1n) is 19.4. The van der Waals surface area contributed by atoms with Gasteiger partial charge >= 0.3 is 115 Å². The molecule has 6 heteroatoms. The molecule has 4 nitrogen and oxygen atoms in total. The van der Waals surface area contributed by atoms with Crippen LogP contribution in [0.4, 0.5) is 0 Å². The maximum atomic E-state index is 11.8. The number of allylic oxidation sites excluding steroid dienone is 2. The Kier molecular flexibility index (Phi) is 52.8. The van der Waals surface area contributed by atoms with Crippen LogP contribution in [0.5, 0.6) is 0 Å². The molecule has 0 rings (SSSR count). The molecule has 0 aliphatic rings. The summed E-state index contributed by atoms with van der Waals surface area (Å²) in [4.78, 5) is 23.7. The van der Waals surface area contributed by atoms with E-state index >= 15 is 0 Å². The van der Waals surface area contributed by atoms with Crippen LogP contribution in [0.1, 0.15) is 219 Å². The number of hydrogen-bond acceptors (Lipinski definition) is 4. The van der Waals surface area contributed by atoms with Gasteiger partial charge in [0.05, 0.1) is 25.4 Å². The van der Waals surface area contributed by atoms with E-state index in [0.717, 1.165) is 25.7 Å². The fraction of sp³-hybridized carbons (Fsp3) is 0.850. The van der Waals surface area contributed by atoms with Crippen molar-refractivity contribution in [1.82, 2.24) is 0 Å². The minimum atomic E-state index is -0.384. The number of carbonyl (C=O) groups is 2. The molecule has 0 bridgehead atoms. The van der Waals surface area contributed by atoms with Crippen LogP contribution in [0.15, 0.2) is 24.7 Å². The number of rotatable bonds is 35. The summed E-state index contributed by atoms with van der Waals surface area (Å²) in [6.07, 6.45) is 46.7. The van der Waals surface area contributed by atoms with Crippen molar-refractivity contribution >= 4 is 115 Å².